The number of hydrogen-bond acceptors (Lipinski definition) is 3. The molecule has 0 unspecified atom stereocenters. The van der Waals surface area contributed by atoms with Crippen molar-refractivity contribution in [2.45, 2.75) is 19.3 Å². The van der Waals surface area contributed by atoms with E-state index in [1.807, 2.05) is 24.5 Å². The van der Waals surface area contributed by atoms with E-state index in [2.05, 4.69) is 9.38 Å². The minimum absolute atomic E-state index is 0.691. The Morgan fingerprint density at radius 1 is 1.41 bits per heavy atom. The van der Waals surface area contributed by atoms with Crippen molar-refractivity contribution in [3.05, 3.63) is 30.4 Å². The van der Waals surface area contributed by atoms with Gasteiger partial charge in [0.1, 0.15) is 5.82 Å². The third kappa shape index (κ3) is 2.00. The van der Waals surface area contributed by atoms with Gasteiger partial charge in [-0.25, -0.2) is 4.98 Å². The molecule has 2 N–H and O–H groups in total. The summed E-state index contributed by atoms with van der Waals surface area (Å²) in [6.45, 7) is 1.77. The molecule has 1 aliphatic rings. The predicted molar refractivity (Wildman–Crippen MR) is 66.9 cm³/mol. The average molecular weight is 231 g/mol. The molecule has 2 aromatic rings. The molecule has 3 rings (SSSR count). The van der Waals surface area contributed by atoms with Crippen molar-refractivity contribution in [2.75, 3.05) is 18.9 Å². The van der Waals surface area contributed by atoms with Gasteiger partial charge >= 0.3 is 0 Å². The number of nitrogens with two attached hydrogens (primary N) is 1. The molecule has 4 heteroatoms. The lowest BCUT2D eigenvalue weighted by Crippen LogP contribution is -2.18. The first kappa shape index (κ1) is 10.6. The van der Waals surface area contributed by atoms with E-state index in [0.717, 1.165) is 49.5 Å². The Morgan fingerprint density at radius 2 is 2.24 bits per heavy atom. The summed E-state index contributed by atoms with van der Waals surface area (Å²) in [5, 5.41) is 0. The molecule has 0 spiro atoms. The third-order valence-corrected chi connectivity index (χ3v) is 3.49. The lowest BCUT2D eigenvalue weighted by molar-refractivity contribution is 0.0659. The summed E-state index contributed by atoms with van der Waals surface area (Å²) in [6, 6.07) is 3.88. The van der Waals surface area contributed by atoms with Gasteiger partial charge in [0.2, 0.25) is 0 Å². The van der Waals surface area contributed by atoms with Gasteiger partial charge in [-0.3, -0.25) is 0 Å². The Bertz CT molecular complexity index is 514. The summed E-state index contributed by atoms with van der Waals surface area (Å²) < 4.78 is 7.48. The van der Waals surface area contributed by atoms with Gasteiger partial charge in [-0.1, -0.05) is 0 Å². The topological polar surface area (TPSA) is 52.5 Å². The summed E-state index contributed by atoms with van der Waals surface area (Å²) >= 11 is 0. The van der Waals surface area contributed by atoms with E-state index in [1.54, 1.807) is 0 Å². The van der Waals surface area contributed by atoms with Gasteiger partial charge in [0.05, 0.1) is 17.4 Å². The molecule has 3 heterocycles. The van der Waals surface area contributed by atoms with E-state index < -0.39 is 0 Å². The molecule has 1 fully saturated rings. The van der Waals surface area contributed by atoms with E-state index in [0.29, 0.717) is 5.92 Å². The Balaban J connectivity index is 1.87. The van der Waals surface area contributed by atoms with Gasteiger partial charge in [-0.05, 0) is 30.9 Å². The van der Waals surface area contributed by atoms with Crippen molar-refractivity contribution in [3.63, 3.8) is 0 Å². The second kappa shape index (κ2) is 4.37. The maximum atomic E-state index is 5.92. The number of imidazole rings is 1. The number of ether oxygens (including phenoxy) is 1. The monoisotopic (exact) mass is 231 g/mol. The van der Waals surface area contributed by atoms with Crippen molar-refractivity contribution in [1.82, 2.24) is 9.38 Å². The standard InChI is InChI=1S/C13H17N3O/c14-11-2-1-5-16-12(11)9-15-13(16)8-10-3-6-17-7-4-10/h1-2,5,9-10H,3-4,6-8,14H2. The van der Waals surface area contributed by atoms with Crippen LogP contribution in [-0.2, 0) is 11.2 Å². The second-order valence-corrected chi connectivity index (χ2v) is 4.65. The van der Waals surface area contributed by atoms with Crippen LogP contribution in [0.4, 0.5) is 5.69 Å². The molecular weight excluding hydrogens is 214 g/mol. The van der Waals surface area contributed by atoms with Crippen molar-refractivity contribution in [1.29, 1.82) is 0 Å². The SMILES string of the molecule is Nc1cccn2c(CC3CCOCC3)ncc12. The predicted octanol–water partition coefficient (Wildman–Crippen LogP) is 1.89. The van der Waals surface area contributed by atoms with Gasteiger partial charge in [-0.2, -0.15) is 0 Å². The molecule has 0 bridgehead atoms. The number of fused-ring (bicyclic) bond motifs is 1. The van der Waals surface area contributed by atoms with Gasteiger partial charge in [0.15, 0.2) is 0 Å². The van der Waals surface area contributed by atoms with Crippen LogP contribution in [0.1, 0.15) is 18.7 Å². The number of anilines is 1. The molecule has 0 amide bonds. The average Bonchev–Trinajstić information content (AvgIpc) is 2.76. The number of hydrogen-bond donors (Lipinski definition) is 1. The lowest BCUT2D eigenvalue weighted by atomic mass is 9.96. The maximum absolute atomic E-state index is 5.92. The number of rotatable bonds is 2. The quantitative estimate of drug-likeness (QED) is 0.858. The maximum Gasteiger partial charge on any atom is 0.113 e. The summed E-state index contributed by atoms with van der Waals surface area (Å²) in [5.41, 5.74) is 7.72. The van der Waals surface area contributed by atoms with Crippen molar-refractivity contribution < 1.29 is 4.74 Å². The Kier molecular flexibility index (Phi) is 2.73. The molecule has 4 nitrogen and oxygen atoms in total. The molecule has 1 aliphatic heterocycles. The first-order chi connectivity index (χ1) is 8.34. The molecule has 1 saturated heterocycles. The van der Waals surface area contributed by atoms with Crippen molar-refractivity contribution >= 4 is 11.2 Å². The summed E-state index contributed by atoms with van der Waals surface area (Å²) in [4.78, 5) is 4.49. The van der Waals surface area contributed by atoms with Crippen LogP contribution in [0, 0.1) is 5.92 Å². The highest BCUT2D eigenvalue weighted by Crippen LogP contribution is 2.21. The fraction of sp³-hybridized carbons (Fsp3) is 0.462. The first-order valence-corrected chi connectivity index (χ1v) is 6.13. The smallest absolute Gasteiger partial charge is 0.113 e. The Morgan fingerprint density at radius 3 is 3.06 bits per heavy atom. The van der Waals surface area contributed by atoms with Crippen LogP contribution in [0.3, 0.4) is 0 Å². The molecular formula is C13H17N3O. The van der Waals surface area contributed by atoms with E-state index in [-0.39, 0.29) is 0 Å². The van der Waals surface area contributed by atoms with Crippen LogP contribution in [0.5, 0.6) is 0 Å². The van der Waals surface area contributed by atoms with Gasteiger partial charge in [-0.15, -0.1) is 0 Å². The summed E-state index contributed by atoms with van der Waals surface area (Å²) in [7, 11) is 0. The van der Waals surface area contributed by atoms with E-state index >= 15 is 0 Å². The van der Waals surface area contributed by atoms with Crippen LogP contribution in [-0.4, -0.2) is 22.6 Å². The van der Waals surface area contributed by atoms with Gasteiger partial charge in [0, 0.05) is 25.8 Å². The second-order valence-electron chi connectivity index (χ2n) is 4.65. The minimum atomic E-state index is 0.691. The van der Waals surface area contributed by atoms with Gasteiger partial charge < -0.3 is 14.9 Å². The molecule has 0 atom stereocenters. The molecule has 2 aromatic heterocycles. The molecule has 0 aromatic carbocycles. The van der Waals surface area contributed by atoms with E-state index in [9.17, 15) is 0 Å². The zero-order valence-corrected chi connectivity index (χ0v) is 9.80. The Labute approximate surface area is 100 Å². The highest BCUT2D eigenvalue weighted by molar-refractivity contribution is 5.68. The number of aromatic nitrogens is 2. The molecule has 0 radical (unpaired) electrons. The van der Waals surface area contributed by atoms with Crippen LogP contribution in [0.2, 0.25) is 0 Å². The van der Waals surface area contributed by atoms with Crippen LogP contribution >= 0.6 is 0 Å². The number of pyridine rings is 1. The first-order valence-electron chi connectivity index (χ1n) is 6.13. The Hall–Kier alpha value is -1.55. The van der Waals surface area contributed by atoms with Crippen LogP contribution in [0.15, 0.2) is 24.5 Å². The lowest BCUT2D eigenvalue weighted by Gasteiger charge is -2.21. The zero-order chi connectivity index (χ0) is 11.7. The summed E-state index contributed by atoms with van der Waals surface area (Å²) in [5.74, 6) is 1.80. The molecule has 17 heavy (non-hydrogen) atoms. The molecule has 0 aliphatic carbocycles. The normalized spacial score (nSPS) is 17.6. The fourth-order valence-electron chi connectivity index (χ4n) is 2.46. The number of nitrogen functional groups attached to an aromatic ring is 1. The van der Waals surface area contributed by atoms with Crippen LogP contribution < -0.4 is 5.73 Å². The molecule has 0 saturated carbocycles. The van der Waals surface area contributed by atoms with E-state index in [1.165, 1.54) is 0 Å². The highest BCUT2D eigenvalue weighted by Gasteiger charge is 2.16. The highest BCUT2D eigenvalue weighted by atomic mass is 16.5. The largest absolute Gasteiger partial charge is 0.397 e. The molecule has 90 valence electrons. The van der Waals surface area contributed by atoms with Crippen molar-refractivity contribution in [3.8, 4) is 0 Å². The van der Waals surface area contributed by atoms with Gasteiger partial charge in [0.25, 0.3) is 0 Å². The van der Waals surface area contributed by atoms with E-state index in [4.69, 9.17) is 10.5 Å². The van der Waals surface area contributed by atoms with Crippen LogP contribution in [0.25, 0.3) is 5.52 Å². The van der Waals surface area contributed by atoms with Crippen molar-refractivity contribution in [2.24, 2.45) is 5.92 Å². The zero-order valence-electron chi connectivity index (χ0n) is 9.80. The summed E-state index contributed by atoms with van der Waals surface area (Å²) in [6.07, 6.45) is 7.19. The minimum Gasteiger partial charge on any atom is -0.397 e. The fourth-order valence-corrected chi connectivity index (χ4v) is 2.46. The third-order valence-electron chi connectivity index (χ3n) is 3.49. The number of nitrogens with zero attached hydrogens (tertiary/aromatic N) is 2.